The molecule has 0 aliphatic rings. The number of aromatic nitrogens is 1. The van der Waals surface area contributed by atoms with E-state index < -0.39 is 0 Å². The molecule has 0 unspecified atom stereocenters. The highest BCUT2D eigenvalue weighted by Gasteiger charge is 2.12. The molecule has 0 aromatic carbocycles. The van der Waals surface area contributed by atoms with Crippen molar-refractivity contribution >= 4 is 17.2 Å². The van der Waals surface area contributed by atoms with E-state index in [1.165, 1.54) is 0 Å². The van der Waals surface area contributed by atoms with Gasteiger partial charge in [-0.1, -0.05) is 0 Å². The Morgan fingerprint density at radius 3 is 2.81 bits per heavy atom. The SMILES string of the molecule is Cc1ncsc1CN(C)C(=O)COC(C)C. The van der Waals surface area contributed by atoms with E-state index in [0.29, 0.717) is 6.54 Å². The molecule has 0 N–H and O–H groups in total. The highest BCUT2D eigenvalue weighted by Crippen LogP contribution is 2.14. The van der Waals surface area contributed by atoms with Crippen LogP contribution in [0.15, 0.2) is 5.51 Å². The lowest BCUT2D eigenvalue weighted by molar-refractivity contribution is -0.136. The summed E-state index contributed by atoms with van der Waals surface area (Å²) in [6.07, 6.45) is 0.0856. The Balaban J connectivity index is 2.43. The number of aryl methyl sites for hydroxylation is 1. The molecule has 1 aromatic rings. The summed E-state index contributed by atoms with van der Waals surface area (Å²) in [6, 6.07) is 0. The quantitative estimate of drug-likeness (QED) is 0.791. The van der Waals surface area contributed by atoms with Crippen LogP contribution < -0.4 is 0 Å². The Bertz CT molecular complexity index is 350. The van der Waals surface area contributed by atoms with Gasteiger partial charge >= 0.3 is 0 Å². The molecule has 0 radical (unpaired) electrons. The second kappa shape index (κ2) is 5.96. The highest BCUT2D eigenvalue weighted by atomic mass is 32.1. The van der Waals surface area contributed by atoms with Gasteiger partial charge in [-0.15, -0.1) is 11.3 Å². The lowest BCUT2D eigenvalue weighted by Gasteiger charge is -2.17. The first kappa shape index (κ1) is 13.1. The van der Waals surface area contributed by atoms with Crippen LogP contribution in [0.1, 0.15) is 24.4 Å². The maximum absolute atomic E-state index is 11.7. The van der Waals surface area contributed by atoms with Crippen molar-refractivity contribution in [3.63, 3.8) is 0 Å². The molecule has 0 saturated heterocycles. The number of hydrogen-bond donors (Lipinski definition) is 0. The zero-order chi connectivity index (χ0) is 12.1. The van der Waals surface area contributed by atoms with Gasteiger partial charge in [-0.2, -0.15) is 0 Å². The summed E-state index contributed by atoms with van der Waals surface area (Å²) in [6.45, 7) is 6.54. The van der Waals surface area contributed by atoms with Gasteiger partial charge in [-0.25, -0.2) is 4.98 Å². The summed E-state index contributed by atoms with van der Waals surface area (Å²) in [4.78, 5) is 18.6. The molecule has 4 nitrogen and oxygen atoms in total. The Kier molecular flexibility index (Phi) is 4.89. The van der Waals surface area contributed by atoms with E-state index in [9.17, 15) is 4.79 Å². The molecule has 1 amide bonds. The van der Waals surface area contributed by atoms with Crippen molar-refractivity contribution in [3.05, 3.63) is 16.1 Å². The van der Waals surface area contributed by atoms with E-state index in [-0.39, 0.29) is 18.6 Å². The van der Waals surface area contributed by atoms with Crippen LogP contribution in [0.3, 0.4) is 0 Å². The lowest BCUT2D eigenvalue weighted by Crippen LogP contribution is -2.30. The van der Waals surface area contributed by atoms with Gasteiger partial charge in [0, 0.05) is 11.9 Å². The monoisotopic (exact) mass is 242 g/mol. The Morgan fingerprint density at radius 1 is 1.62 bits per heavy atom. The molecule has 0 aliphatic carbocycles. The van der Waals surface area contributed by atoms with E-state index in [2.05, 4.69) is 4.98 Å². The van der Waals surface area contributed by atoms with Gasteiger partial charge in [0.1, 0.15) is 6.61 Å². The van der Waals surface area contributed by atoms with Crippen LogP contribution in [0.4, 0.5) is 0 Å². The van der Waals surface area contributed by atoms with Gasteiger partial charge in [0.15, 0.2) is 0 Å². The molecule has 1 rings (SSSR count). The van der Waals surface area contributed by atoms with Crippen LogP contribution in [-0.2, 0) is 16.1 Å². The van der Waals surface area contributed by atoms with Crippen molar-refractivity contribution in [1.82, 2.24) is 9.88 Å². The first-order valence-electron chi connectivity index (χ1n) is 5.25. The highest BCUT2D eigenvalue weighted by molar-refractivity contribution is 7.09. The summed E-state index contributed by atoms with van der Waals surface area (Å²) in [5.41, 5.74) is 2.79. The predicted octanol–water partition coefficient (Wildman–Crippen LogP) is 1.83. The molecule has 1 heterocycles. The Hall–Kier alpha value is -0.940. The molecule has 1 aromatic heterocycles. The standard InChI is InChI=1S/C11H18N2O2S/c1-8(2)15-6-11(14)13(4)5-10-9(3)12-7-16-10/h7-8H,5-6H2,1-4H3. The van der Waals surface area contributed by atoms with E-state index in [1.54, 1.807) is 28.8 Å². The Morgan fingerprint density at radius 2 is 2.31 bits per heavy atom. The number of thiazole rings is 1. The van der Waals surface area contributed by atoms with Crippen LogP contribution in [0.25, 0.3) is 0 Å². The van der Waals surface area contributed by atoms with E-state index in [0.717, 1.165) is 10.6 Å². The number of nitrogens with zero attached hydrogens (tertiary/aromatic N) is 2. The van der Waals surface area contributed by atoms with Crippen molar-refractivity contribution < 1.29 is 9.53 Å². The third-order valence-electron chi connectivity index (χ3n) is 2.19. The topological polar surface area (TPSA) is 42.4 Å². The van der Waals surface area contributed by atoms with Crippen LogP contribution in [0, 0.1) is 6.92 Å². The van der Waals surface area contributed by atoms with Crippen LogP contribution >= 0.6 is 11.3 Å². The third kappa shape index (κ3) is 3.90. The average Bonchev–Trinajstić information content (AvgIpc) is 2.60. The second-order valence-electron chi connectivity index (χ2n) is 3.97. The van der Waals surface area contributed by atoms with Gasteiger partial charge in [0.2, 0.25) is 5.91 Å². The van der Waals surface area contributed by atoms with Gasteiger partial charge in [-0.05, 0) is 20.8 Å². The third-order valence-corrected chi connectivity index (χ3v) is 3.11. The van der Waals surface area contributed by atoms with E-state index in [4.69, 9.17) is 4.74 Å². The molecular formula is C11H18N2O2S. The molecule has 5 heteroatoms. The summed E-state index contributed by atoms with van der Waals surface area (Å²) in [7, 11) is 1.78. The van der Waals surface area contributed by atoms with E-state index >= 15 is 0 Å². The van der Waals surface area contributed by atoms with Crippen molar-refractivity contribution in [3.8, 4) is 0 Å². The molecule has 0 aliphatic heterocycles. The minimum absolute atomic E-state index is 0.00139. The number of carbonyl (C=O) groups excluding carboxylic acids is 1. The van der Waals surface area contributed by atoms with Crippen LogP contribution in [-0.4, -0.2) is 35.5 Å². The lowest BCUT2D eigenvalue weighted by atomic mass is 10.3. The fourth-order valence-corrected chi connectivity index (χ4v) is 1.96. The van der Waals surface area contributed by atoms with Crippen LogP contribution in [0.5, 0.6) is 0 Å². The van der Waals surface area contributed by atoms with Gasteiger partial charge in [-0.3, -0.25) is 4.79 Å². The number of hydrogen-bond acceptors (Lipinski definition) is 4. The molecule has 0 fully saturated rings. The molecule has 0 saturated carbocycles. The van der Waals surface area contributed by atoms with E-state index in [1.807, 2.05) is 20.8 Å². The predicted molar refractivity (Wildman–Crippen MR) is 64.4 cm³/mol. The summed E-state index contributed by atoms with van der Waals surface area (Å²) >= 11 is 1.57. The zero-order valence-corrected chi connectivity index (χ0v) is 11.0. The van der Waals surface area contributed by atoms with Gasteiger partial charge in [0.25, 0.3) is 0 Å². The van der Waals surface area contributed by atoms with Gasteiger partial charge in [0.05, 0.1) is 23.9 Å². The maximum Gasteiger partial charge on any atom is 0.248 e. The smallest absolute Gasteiger partial charge is 0.248 e. The van der Waals surface area contributed by atoms with Crippen LogP contribution in [0.2, 0.25) is 0 Å². The molecule has 0 atom stereocenters. The number of likely N-dealkylation sites (N-methyl/N-ethyl adjacent to an activating group) is 1. The molecule has 16 heavy (non-hydrogen) atoms. The normalized spacial score (nSPS) is 10.8. The van der Waals surface area contributed by atoms with Crippen molar-refractivity contribution in [2.24, 2.45) is 0 Å². The molecule has 0 spiro atoms. The average molecular weight is 242 g/mol. The van der Waals surface area contributed by atoms with Crippen molar-refractivity contribution in [2.45, 2.75) is 33.4 Å². The fraction of sp³-hybridized carbons (Fsp3) is 0.636. The molecular weight excluding hydrogens is 224 g/mol. The van der Waals surface area contributed by atoms with Crippen molar-refractivity contribution in [2.75, 3.05) is 13.7 Å². The summed E-state index contributed by atoms with van der Waals surface area (Å²) < 4.78 is 5.27. The summed E-state index contributed by atoms with van der Waals surface area (Å²) in [5.74, 6) is 0.00139. The minimum Gasteiger partial charge on any atom is -0.369 e. The number of amides is 1. The zero-order valence-electron chi connectivity index (χ0n) is 10.2. The van der Waals surface area contributed by atoms with Crippen molar-refractivity contribution in [1.29, 1.82) is 0 Å². The number of rotatable bonds is 5. The second-order valence-corrected chi connectivity index (χ2v) is 4.91. The minimum atomic E-state index is 0.00139. The Labute approximate surface area is 100 Å². The molecule has 90 valence electrons. The maximum atomic E-state index is 11.7. The largest absolute Gasteiger partial charge is 0.369 e. The first-order valence-corrected chi connectivity index (χ1v) is 6.13. The number of ether oxygens (including phenoxy) is 1. The number of carbonyl (C=O) groups is 1. The summed E-state index contributed by atoms with van der Waals surface area (Å²) in [5, 5.41) is 0. The molecule has 0 bridgehead atoms. The van der Waals surface area contributed by atoms with Gasteiger partial charge < -0.3 is 9.64 Å². The first-order chi connectivity index (χ1) is 7.50. The fourth-order valence-electron chi connectivity index (χ4n) is 1.13.